The summed E-state index contributed by atoms with van der Waals surface area (Å²) in [5, 5.41) is 3.94. The number of benzene rings is 1. The van der Waals surface area contributed by atoms with Crippen LogP contribution in [0.4, 0.5) is 13.2 Å². The van der Waals surface area contributed by atoms with Gasteiger partial charge in [0.15, 0.2) is 0 Å². The van der Waals surface area contributed by atoms with E-state index in [1.165, 1.54) is 18.7 Å². The third-order valence-corrected chi connectivity index (χ3v) is 2.66. The molecule has 0 spiro atoms. The maximum absolute atomic E-state index is 13.0. The minimum absolute atomic E-state index is 0.0156. The fourth-order valence-corrected chi connectivity index (χ4v) is 1.75. The number of hydrogen-bond acceptors (Lipinski definition) is 1. The van der Waals surface area contributed by atoms with E-state index in [0.29, 0.717) is 5.56 Å². The third kappa shape index (κ3) is 2.05. The van der Waals surface area contributed by atoms with E-state index in [9.17, 15) is 13.2 Å². The number of nitrogens with zero attached hydrogens (tertiary/aromatic N) is 2. The Bertz CT molecular complexity index is 527. The summed E-state index contributed by atoms with van der Waals surface area (Å²) in [6, 6.07) is 8.39. The lowest BCUT2D eigenvalue weighted by Gasteiger charge is -2.08. The number of alkyl halides is 3. The highest BCUT2D eigenvalue weighted by Crippen LogP contribution is 2.38. The second kappa shape index (κ2) is 3.91. The molecule has 0 atom stereocenters. The van der Waals surface area contributed by atoms with Crippen molar-refractivity contribution in [1.82, 2.24) is 9.78 Å². The van der Waals surface area contributed by atoms with Gasteiger partial charge in [0.05, 0.1) is 0 Å². The molecule has 90 valence electrons. The second-order valence-electron chi connectivity index (χ2n) is 3.80. The van der Waals surface area contributed by atoms with Gasteiger partial charge in [0.25, 0.3) is 0 Å². The summed E-state index contributed by atoms with van der Waals surface area (Å²) in [6.45, 7) is 1.42. The Morgan fingerprint density at radius 2 is 1.71 bits per heavy atom. The molecule has 0 aliphatic rings. The first-order chi connectivity index (χ1) is 7.91. The third-order valence-electron chi connectivity index (χ3n) is 2.66. The van der Waals surface area contributed by atoms with Gasteiger partial charge in [-0.1, -0.05) is 30.3 Å². The van der Waals surface area contributed by atoms with Crippen LogP contribution in [0.3, 0.4) is 0 Å². The van der Waals surface area contributed by atoms with Gasteiger partial charge in [-0.25, -0.2) is 0 Å². The number of halogens is 3. The van der Waals surface area contributed by atoms with E-state index in [0.717, 1.165) is 0 Å². The van der Waals surface area contributed by atoms with Crippen molar-refractivity contribution >= 4 is 0 Å². The monoisotopic (exact) mass is 240 g/mol. The van der Waals surface area contributed by atoms with E-state index in [2.05, 4.69) is 5.10 Å². The van der Waals surface area contributed by atoms with Gasteiger partial charge in [-0.15, -0.1) is 0 Å². The Kier molecular flexibility index (Phi) is 2.69. The van der Waals surface area contributed by atoms with Crippen LogP contribution in [0.5, 0.6) is 0 Å². The number of hydrogen-bond donors (Lipinski definition) is 0. The summed E-state index contributed by atoms with van der Waals surface area (Å²) >= 11 is 0. The van der Waals surface area contributed by atoms with E-state index in [4.69, 9.17) is 0 Å². The van der Waals surface area contributed by atoms with Crippen molar-refractivity contribution in [3.63, 3.8) is 0 Å². The molecule has 0 unspecified atom stereocenters. The zero-order valence-electron chi connectivity index (χ0n) is 9.42. The van der Waals surface area contributed by atoms with Crippen LogP contribution in [0.25, 0.3) is 11.3 Å². The van der Waals surface area contributed by atoms with E-state index in [-0.39, 0.29) is 11.4 Å². The molecule has 2 rings (SSSR count). The Balaban J connectivity index is 2.67. The molecule has 0 bridgehead atoms. The smallest absolute Gasteiger partial charge is 0.272 e. The van der Waals surface area contributed by atoms with Crippen LogP contribution in [0, 0.1) is 6.92 Å². The number of aryl methyl sites for hydroxylation is 1. The first-order valence-electron chi connectivity index (χ1n) is 5.07. The lowest BCUT2D eigenvalue weighted by Crippen LogP contribution is -2.08. The van der Waals surface area contributed by atoms with Crippen molar-refractivity contribution < 1.29 is 13.2 Å². The molecule has 0 N–H and O–H groups in total. The van der Waals surface area contributed by atoms with Gasteiger partial charge in [0.2, 0.25) is 0 Å². The SMILES string of the molecule is Cc1c(C(F)(F)F)c(-c2ccccc2)nn1C. The zero-order chi connectivity index (χ0) is 12.6. The molecule has 17 heavy (non-hydrogen) atoms. The molecule has 5 heteroatoms. The van der Waals surface area contributed by atoms with Crippen LogP contribution >= 0.6 is 0 Å². The normalized spacial score (nSPS) is 11.8. The molecule has 0 amide bonds. The molecular formula is C12H11F3N2. The molecule has 0 radical (unpaired) electrons. The van der Waals surface area contributed by atoms with Crippen molar-refractivity contribution in [2.24, 2.45) is 7.05 Å². The quantitative estimate of drug-likeness (QED) is 0.746. The van der Waals surface area contributed by atoms with E-state index in [1.54, 1.807) is 30.3 Å². The van der Waals surface area contributed by atoms with Gasteiger partial charge in [0, 0.05) is 18.3 Å². The van der Waals surface area contributed by atoms with Gasteiger partial charge in [-0.3, -0.25) is 4.68 Å². The van der Waals surface area contributed by atoms with Crippen molar-refractivity contribution in [2.75, 3.05) is 0 Å². The predicted molar refractivity (Wildman–Crippen MR) is 58.4 cm³/mol. The van der Waals surface area contributed by atoms with Crippen LogP contribution in [-0.4, -0.2) is 9.78 Å². The summed E-state index contributed by atoms with van der Waals surface area (Å²) in [6.07, 6.45) is -4.39. The minimum Gasteiger partial charge on any atom is -0.272 e. The molecule has 0 saturated heterocycles. The first kappa shape index (κ1) is 11.7. The summed E-state index contributed by atoms with van der Waals surface area (Å²) in [5.74, 6) is 0. The molecule has 1 heterocycles. The lowest BCUT2D eigenvalue weighted by atomic mass is 10.1. The average molecular weight is 240 g/mol. The highest BCUT2D eigenvalue weighted by molar-refractivity contribution is 5.64. The van der Waals surface area contributed by atoms with Crippen molar-refractivity contribution in [2.45, 2.75) is 13.1 Å². The van der Waals surface area contributed by atoms with Crippen LogP contribution in [0.15, 0.2) is 30.3 Å². The van der Waals surface area contributed by atoms with Gasteiger partial charge < -0.3 is 0 Å². The number of aromatic nitrogens is 2. The zero-order valence-corrected chi connectivity index (χ0v) is 9.42. The van der Waals surface area contributed by atoms with E-state index >= 15 is 0 Å². The highest BCUT2D eigenvalue weighted by Gasteiger charge is 2.38. The van der Waals surface area contributed by atoms with Crippen LogP contribution < -0.4 is 0 Å². The Morgan fingerprint density at radius 3 is 2.24 bits per heavy atom. The fraction of sp³-hybridized carbons (Fsp3) is 0.250. The Hall–Kier alpha value is -1.78. The molecule has 0 aliphatic heterocycles. The molecule has 0 aliphatic carbocycles. The highest BCUT2D eigenvalue weighted by atomic mass is 19.4. The second-order valence-corrected chi connectivity index (χ2v) is 3.80. The summed E-state index contributed by atoms with van der Waals surface area (Å²) in [4.78, 5) is 0. The maximum atomic E-state index is 13.0. The molecule has 1 aromatic heterocycles. The number of rotatable bonds is 1. The molecule has 2 aromatic rings. The van der Waals surface area contributed by atoms with Gasteiger partial charge in [-0.2, -0.15) is 18.3 Å². The molecular weight excluding hydrogens is 229 g/mol. The van der Waals surface area contributed by atoms with Crippen molar-refractivity contribution in [3.8, 4) is 11.3 Å². The predicted octanol–water partition coefficient (Wildman–Crippen LogP) is 3.41. The van der Waals surface area contributed by atoms with E-state index in [1.807, 2.05) is 0 Å². The van der Waals surface area contributed by atoms with Gasteiger partial charge >= 0.3 is 6.18 Å². The largest absolute Gasteiger partial charge is 0.420 e. The Morgan fingerprint density at radius 1 is 1.12 bits per heavy atom. The van der Waals surface area contributed by atoms with Gasteiger partial charge in [0.1, 0.15) is 11.3 Å². The molecule has 0 saturated carbocycles. The molecule has 2 nitrogen and oxygen atoms in total. The Labute approximate surface area is 96.7 Å². The average Bonchev–Trinajstić information content (AvgIpc) is 2.56. The van der Waals surface area contributed by atoms with Crippen molar-refractivity contribution in [1.29, 1.82) is 0 Å². The summed E-state index contributed by atoms with van der Waals surface area (Å²) < 4.78 is 40.1. The van der Waals surface area contributed by atoms with Crippen LogP contribution in [0.2, 0.25) is 0 Å². The fourth-order valence-electron chi connectivity index (χ4n) is 1.75. The molecule has 0 fully saturated rings. The topological polar surface area (TPSA) is 17.8 Å². The van der Waals surface area contributed by atoms with Crippen LogP contribution in [-0.2, 0) is 13.2 Å². The van der Waals surface area contributed by atoms with Crippen molar-refractivity contribution in [3.05, 3.63) is 41.6 Å². The molecule has 1 aromatic carbocycles. The lowest BCUT2D eigenvalue weighted by molar-refractivity contribution is -0.137. The summed E-state index contributed by atoms with van der Waals surface area (Å²) in [5.41, 5.74) is -0.0795. The maximum Gasteiger partial charge on any atom is 0.420 e. The van der Waals surface area contributed by atoms with Gasteiger partial charge in [-0.05, 0) is 6.92 Å². The van der Waals surface area contributed by atoms with E-state index < -0.39 is 11.7 Å². The minimum atomic E-state index is -4.39. The first-order valence-corrected chi connectivity index (χ1v) is 5.07. The summed E-state index contributed by atoms with van der Waals surface area (Å²) in [7, 11) is 1.51. The van der Waals surface area contributed by atoms with Crippen LogP contribution in [0.1, 0.15) is 11.3 Å². The standard InChI is InChI=1S/C12H11F3N2/c1-8-10(12(13,14)15)11(16-17(8)2)9-6-4-3-5-7-9/h3-7H,1-2H3.